The van der Waals surface area contributed by atoms with Gasteiger partial charge >= 0.3 is 0 Å². The van der Waals surface area contributed by atoms with E-state index in [1.165, 1.54) is 7.11 Å². The van der Waals surface area contributed by atoms with Gasteiger partial charge in [-0.3, -0.25) is 9.59 Å². The van der Waals surface area contributed by atoms with Crippen LogP contribution in [0.1, 0.15) is 22.8 Å². The lowest BCUT2D eigenvalue weighted by atomic mass is 10.0. The van der Waals surface area contributed by atoms with Gasteiger partial charge in [0.05, 0.1) is 19.9 Å². The average Bonchev–Trinajstić information content (AvgIpc) is 2.68. The predicted octanol–water partition coefficient (Wildman–Crippen LogP) is 3.40. The van der Waals surface area contributed by atoms with Crippen molar-refractivity contribution >= 4 is 23.2 Å². The molecule has 146 valence electrons. The van der Waals surface area contributed by atoms with Gasteiger partial charge in [0.2, 0.25) is 0 Å². The SMILES string of the molecule is C=CCc1cc(C(=O)Nc2ccc3c(c2)NC(=O)[C@@H](C)O3)cc(OC)c1OC. The van der Waals surface area contributed by atoms with E-state index in [0.717, 1.165) is 5.56 Å². The summed E-state index contributed by atoms with van der Waals surface area (Å²) in [5, 5.41) is 5.58. The maximum Gasteiger partial charge on any atom is 0.265 e. The van der Waals surface area contributed by atoms with E-state index in [0.29, 0.717) is 40.6 Å². The maximum absolute atomic E-state index is 12.8. The first kappa shape index (κ1) is 19.3. The van der Waals surface area contributed by atoms with Crippen LogP contribution in [0, 0.1) is 0 Å². The third kappa shape index (κ3) is 3.78. The molecule has 2 aromatic carbocycles. The fourth-order valence-electron chi connectivity index (χ4n) is 2.97. The minimum absolute atomic E-state index is 0.232. The van der Waals surface area contributed by atoms with Crippen LogP contribution in [0.4, 0.5) is 11.4 Å². The predicted molar refractivity (Wildman–Crippen MR) is 107 cm³/mol. The van der Waals surface area contributed by atoms with Gasteiger partial charge in [0, 0.05) is 16.8 Å². The molecule has 3 rings (SSSR count). The lowest BCUT2D eigenvalue weighted by molar-refractivity contribution is -0.122. The molecule has 7 nitrogen and oxygen atoms in total. The molecule has 0 spiro atoms. The molecule has 1 aliphatic heterocycles. The van der Waals surface area contributed by atoms with Crippen LogP contribution in [-0.2, 0) is 11.2 Å². The Labute approximate surface area is 163 Å². The fourth-order valence-corrected chi connectivity index (χ4v) is 2.97. The van der Waals surface area contributed by atoms with Gasteiger partial charge in [-0.25, -0.2) is 0 Å². The number of anilines is 2. The Morgan fingerprint density at radius 1 is 1.29 bits per heavy atom. The minimum Gasteiger partial charge on any atom is -0.493 e. The summed E-state index contributed by atoms with van der Waals surface area (Å²) in [4.78, 5) is 24.6. The number of amides is 2. The van der Waals surface area contributed by atoms with E-state index in [2.05, 4.69) is 17.2 Å². The third-order valence-corrected chi connectivity index (χ3v) is 4.35. The maximum atomic E-state index is 12.8. The van der Waals surface area contributed by atoms with E-state index >= 15 is 0 Å². The number of nitrogens with one attached hydrogen (secondary N) is 2. The molecule has 0 radical (unpaired) electrons. The first-order valence-electron chi connectivity index (χ1n) is 8.75. The van der Waals surface area contributed by atoms with Crippen molar-refractivity contribution in [2.24, 2.45) is 0 Å². The summed E-state index contributed by atoms with van der Waals surface area (Å²) in [5.41, 5.74) is 2.26. The molecule has 2 amide bonds. The summed E-state index contributed by atoms with van der Waals surface area (Å²) < 4.78 is 16.3. The van der Waals surface area contributed by atoms with Crippen LogP contribution in [-0.4, -0.2) is 32.1 Å². The second-order valence-corrected chi connectivity index (χ2v) is 6.28. The van der Waals surface area contributed by atoms with Crippen molar-refractivity contribution in [2.45, 2.75) is 19.4 Å². The molecule has 0 saturated heterocycles. The van der Waals surface area contributed by atoms with Crippen LogP contribution < -0.4 is 24.8 Å². The Bertz CT molecular complexity index is 939. The Morgan fingerprint density at radius 3 is 2.75 bits per heavy atom. The molecule has 0 aromatic heterocycles. The Morgan fingerprint density at radius 2 is 2.07 bits per heavy atom. The Hall–Kier alpha value is -3.48. The number of hydrogen-bond donors (Lipinski definition) is 2. The summed E-state index contributed by atoms with van der Waals surface area (Å²) in [6.07, 6.45) is 1.70. The number of methoxy groups -OCH3 is 2. The van der Waals surface area contributed by atoms with Gasteiger partial charge in [-0.2, -0.15) is 0 Å². The highest BCUT2D eigenvalue weighted by atomic mass is 16.5. The van der Waals surface area contributed by atoms with Gasteiger partial charge in [0.15, 0.2) is 17.6 Å². The molecule has 0 bridgehead atoms. The average molecular weight is 382 g/mol. The van der Waals surface area contributed by atoms with E-state index in [-0.39, 0.29) is 11.8 Å². The number of fused-ring (bicyclic) bond motifs is 1. The van der Waals surface area contributed by atoms with E-state index < -0.39 is 6.10 Å². The Balaban J connectivity index is 1.87. The topological polar surface area (TPSA) is 85.9 Å². The van der Waals surface area contributed by atoms with Crippen molar-refractivity contribution in [3.05, 3.63) is 54.1 Å². The number of carbonyl (C=O) groups excluding carboxylic acids is 2. The summed E-state index contributed by atoms with van der Waals surface area (Å²) in [6, 6.07) is 8.43. The van der Waals surface area contributed by atoms with Gasteiger partial charge in [-0.1, -0.05) is 6.08 Å². The zero-order valence-electron chi connectivity index (χ0n) is 16.0. The second-order valence-electron chi connectivity index (χ2n) is 6.28. The van der Waals surface area contributed by atoms with E-state index in [9.17, 15) is 9.59 Å². The molecule has 1 aliphatic rings. The molecular formula is C21H22N2O5. The molecule has 7 heteroatoms. The molecule has 28 heavy (non-hydrogen) atoms. The largest absolute Gasteiger partial charge is 0.493 e. The highest BCUT2D eigenvalue weighted by Gasteiger charge is 2.24. The highest BCUT2D eigenvalue weighted by Crippen LogP contribution is 2.35. The molecule has 2 aromatic rings. The molecule has 0 aliphatic carbocycles. The third-order valence-electron chi connectivity index (χ3n) is 4.35. The van der Waals surface area contributed by atoms with Crippen molar-refractivity contribution in [3.63, 3.8) is 0 Å². The molecular weight excluding hydrogens is 360 g/mol. The number of rotatable bonds is 6. The van der Waals surface area contributed by atoms with Crippen molar-refractivity contribution in [1.29, 1.82) is 0 Å². The molecule has 2 N–H and O–H groups in total. The second kappa shape index (κ2) is 8.04. The lowest BCUT2D eigenvalue weighted by Gasteiger charge is -2.23. The summed E-state index contributed by atoms with van der Waals surface area (Å²) >= 11 is 0. The Kier molecular flexibility index (Phi) is 5.54. The lowest BCUT2D eigenvalue weighted by Crippen LogP contribution is -2.34. The number of hydrogen-bond acceptors (Lipinski definition) is 5. The van der Waals surface area contributed by atoms with E-state index in [1.807, 2.05) is 0 Å². The highest BCUT2D eigenvalue weighted by molar-refractivity contribution is 6.06. The van der Waals surface area contributed by atoms with Crippen LogP contribution >= 0.6 is 0 Å². The standard InChI is InChI=1S/C21H22N2O5/c1-5-6-13-9-14(10-18(26-3)19(13)27-4)21(25)22-15-7-8-17-16(11-15)23-20(24)12(2)28-17/h5,7-12H,1,6H2,2-4H3,(H,22,25)(H,23,24)/t12-/m1/s1. The molecule has 1 heterocycles. The van der Waals surface area contributed by atoms with Crippen molar-refractivity contribution < 1.29 is 23.8 Å². The van der Waals surface area contributed by atoms with Crippen molar-refractivity contribution in [2.75, 3.05) is 24.9 Å². The molecule has 1 atom stereocenters. The van der Waals surface area contributed by atoms with Crippen molar-refractivity contribution in [3.8, 4) is 17.2 Å². The van der Waals surface area contributed by atoms with Gasteiger partial charge in [0.1, 0.15) is 5.75 Å². The zero-order chi connectivity index (χ0) is 20.3. The van der Waals surface area contributed by atoms with Gasteiger partial charge < -0.3 is 24.8 Å². The fraction of sp³-hybridized carbons (Fsp3) is 0.238. The van der Waals surface area contributed by atoms with Crippen LogP contribution in [0.15, 0.2) is 43.0 Å². The van der Waals surface area contributed by atoms with Crippen molar-refractivity contribution in [1.82, 2.24) is 0 Å². The first-order valence-corrected chi connectivity index (χ1v) is 8.75. The number of allylic oxidation sites excluding steroid dienone is 1. The molecule has 0 unspecified atom stereocenters. The number of ether oxygens (including phenoxy) is 3. The monoisotopic (exact) mass is 382 g/mol. The van der Waals surface area contributed by atoms with Crippen LogP contribution in [0.2, 0.25) is 0 Å². The van der Waals surface area contributed by atoms with Gasteiger partial charge in [-0.15, -0.1) is 6.58 Å². The van der Waals surface area contributed by atoms with Crippen LogP contribution in [0.5, 0.6) is 17.2 Å². The first-order chi connectivity index (χ1) is 13.5. The number of carbonyl (C=O) groups is 2. The normalized spacial score (nSPS) is 15.0. The minimum atomic E-state index is -0.553. The summed E-state index contributed by atoms with van der Waals surface area (Å²) in [5.74, 6) is 1.05. The van der Waals surface area contributed by atoms with Crippen LogP contribution in [0.3, 0.4) is 0 Å². The van der Waals surface area contributed by atoms with E-state index in [4.69, 9.17) is 14.2 Å². The number of benzene rings is 2. The quantitative estimate of drug-likeness (QED) is 0.748. The van der Waals surface area contributed by atoms with E-state index in [1.54, 1.807) is 50.4 Å². The van der Waals surface area contributed by atoms with Crippen LogP contribution in [0.25, 0.3) is 0 Å². The zero-order valence-corrected chi connectivity index (χ0v) is 16.0. The molecule has 0 saturated carbocycles. The van der Waals surface area contributed by atoms with Gasteiger partial charge in [0.25, 0.3) is 11.8 Å². The molecule has 0 fully saturated rings. The van der Waals surface area contributed by atoms with Gasteiger partial charge in [-0.05, 0) is 43.7 Å². The smallest absolute Gasteiger partial charge is 0.265 e. The summed E-state index contributed by atoms with van der Waals surface area (Å²) in [7, 11) is 3.07. The summed E-state index contributed by atoms with van der Waals surface area (Å²) in [6.45, 7) is 5.41.